The van der Waals surface area contributed by atoms with Crippen LogP contribution in [0, 0.1) is 0 Å². The first-order valence-corrected chi connectivity index (χ1v) is 8.48. The highest BCUT2D eigenvalue weighted by Gasteiger charge is 2.37. The smallest absolute Gasteiger partial charge is 0.458 e. The van der Waals surface area contributed by atoms with Crippen LogP contribution in [0.5, 0.6) is 5.75 Å². The number of nitrogens with one attached hydrogen (secondary N) is 1. The number of nitrogens with zero attached hydrogens (tertiary/aromatic N) is 1. The van der Waals surface area contributed by atoms with Crippen LogP contribution in [0.2, 0.25) is 5.15 Å². The summed E-state index contributed by atoms with van der Waals surface area (Å²) in [7, 11) is 0. The summed E-state index contributed by atoms with van der Waals surface area (Å²) in [6.07, 6.45) is -5.41. The standard InChI is InChI=1S/C17H22ClF3N2O5/c1-15(2,3)27-13(24)12(23-14(25)28-16(4,5)6)9-7-11(18)22-8-10(9)26-17(19,20)21/h7-8,12H,1-6H3,(H,23,25). The number of carbonyl (C=O) groups is 2. The van der Waals surface area contributed by atoms with E-state index in [1.54, 1.807) is 41.5 Å². The Hall–Kier alpha value is -2.23. The maximum atomic E-state index is 12.7. The summed E-state index contributed by atoms with van der Waals surface area (Å²) >= 11 is 5.77. The third kappa shape index (κ3) is 8.64. The largest absolute Gasteiger partial charge is 0.573 e. The Morgan fingerprint density at radius 3 is 2.07 bits per heavy atom. The molecule has 7 nitrogen and oxygen atoms in total. The molecule has 1 aromatic rings. The van der Waals surface area contributed by atoms with Gasteiger partial charge in [-0.1, -0.05) is 11.6 Å². The molecule has 0 saturated carbocycles. The van der Waals surface area contributed by atoms with Crippen LogP contribution >= 0.6 is 11.6 Å². The van der Waals surface area contributed by atoms with Crippen LogP contribution in [0.25, 0.3) is 0 Å². The third-order valence-electron chi connectivity index (χ3n) is 2.70. The Kier molecular flexibility index (Phi) is 7.16. The molecule has 0 saturated heterocycles. The lowest BCUT2D eigenvalue weighted by Crippen LogP contribution is -2.41. The zero-order valence-electron chi connectivity index (χ0n) is 16.2. The number of rotatable bonds is 4. The van der Waals surface area contributed by atoms with Crippen LogP contribution in [0.4, 0.5) is 18.0 Å². The van der Waals surface area contributed by atoms with E-state index in [9.17, 15) is 22.8 Å². The highest BCUT2D eigenvalue weighted by atomic mass is 35.5. The van der Waals surface area contributed by atoms with Gasteiger partial charge in [0.05, 0.1) is 6.20 Å². The molecule has 1 unspecified atom stereocenters. The van der Waals surface area contributed by atoms with E-state index in [2.05, 4.69) is 15.0 Å². The number of hydrogen-bond donors (Lipinski definition) is 1. The third-order valence-corrected chi connectivity index (χ3v) is 2.91. The van der Waals surface area contributed by atoms with Gasteiger partial charge in [0, 0.05) is 5.56 Å². The molecule has 1 N–H and O–H groups in total. The second-order valence-corrected chi connectivity index (χ2v) is 8.09. The van der Waals surface area contributed by atoms with Gasteiger partial charge in [0.1, 0.15) is 16.4 Å². The molecule has 11 heteroatoms. The van der Waals surface area contributed by atoms with Crippen LogP contribution in [0.3, 0.4) is 0 Å². The summed E-state index contributed by atoms with van der Waals surface area (Å²) in [6.45, 7) is 9.41. The molecule has 0 aliphatic rings. The van der Waals surface area contributed by atoms with E-state index in [-0.39, 0.29) is 5.15 Å². The van der Waals surface area contributed by atoms with Crippen LogP contribution in [-0.2, 0) is 14.3 Å². The molecular weight excluding hydrogens is 405 g/mol. The van der Waals surface area contributed by atoms with E-state index < -0.39 is 47.0 Å². The van der Waals surface area contributed by atoms with Crippen molar-refractivity contribution in [1.82, 2.24) is 10.3 Å². The van der Waals surface area contributed by atoms with Gasteiger partial charge in [0.25, 0.3) is 0 Å². The molecular formula is C17H22ClF3N2O5. The van der Waals surface area contributed by atoms with Gasteiger partial charge < -0.3 is 19.5 Å². The van der Waals surface area contributed by atoms with Crippen LogP contribution in [0.1, 0.15) is 53.1 Å². The van der Waals surface area contributed by atoms with Gasteiger partial charge in [0.15, 0.2) is 11.8 Å². The summed E-state index contributed by atoms with van der Waals surface area (Å²) in [6, 6.07) is -0.721. The van der Waals surface area contributed by atoms with E-state index in [1.165, 1.54) is 0 Å². The van der Waals surface area contributed by atoms with Crippen LogP contribution in [0.15, 0.2) is 12.3 Å². The van der Waals surface area contributed by atoms with Crippen molar-refractivity contribution in [3.05, 3.63) is 23.0 Å². The maximum Gasteiger partial charge on any atom is 0.573 e. The fourth-order valence-electron chi connectivity index (χ4n) is 1.92. The van der Waals surface area contributed by atoms with Crippen molar-refractivity contribution in [3.63, 3.8) is 0 Å². The molecule has 1 aromatic heterocycles. The van der Waals surface area contributed by atoms with Crippen molar-refractivity contribution in [2.45, 2.75) is 65.1 Å². The van der Waals surface area contributed by atoms with Crippen molar-refractivity contribution >= 4 is 23.7 Å². The van der Waals surface area contributed by atoms with E-state index in [1.807, 2.05) is 0 Å². The molecule has 1 rings (SSSR count). The monoisotopic (exact) mass is 426 g/mol. The Labute approximate surface area is 165 Å². The topological polar surface area (TPSA) is 86.8 Å². The fourth-order valence-corrected chi connectivity index (χ4v) is 2.08. The number of alkyl halides is 3. The lowest BCUT2D eigenvalue weighted by Gasteiger charge is -2.27. The molecule has 0 aliphatic carbocycles. The molecule has 0 bridgehead atoms. The van der Waals surface area contributed by atoms with Gasteiger partial charge in [-0.3, -0.25) is 0 Å². The number of amides is 1. The minimum absolute atomic E-state index is 0.218. The molecule has 1 heterocycles. The first kappa shape index (κ1) is 23.8. The van der Waals surface area contributed by atoms with Crippen molar-refractivity contribution in [2.24, 2.45) is 0 Å². The lowest BCUT2D eigenvalue weighted by atomic mass is 10.1. The average Bonchev–Trinajstić information content (AvgIpc) is 2.41. The van der Waals surface area contributed by atoms with Crippen molar-refractivity contribution < 1.29 is 37.0 Å². The quantitative estimate of drug-likeness (QED) is 0.561. The van der Waals surface area contributed by atoms with Gasteiger partial charge in [-0.2, -0.15) is 0 Å². The van der Waals surface area contributed by atoms with E-state index >= 15 is 0 Å². The number of esters is 1. The predicted octanol–water partition coefficient (Wildman–Crippen LogP) is 4.54. The number of ether oxygens (including phenoxy) is 3. The second-order valence-electron chi connectivity index (χ2n) is 7.71. The summed E-state index contributed by atoms with van der Waals surface area (Å²) in [5.41, 5.74) is -2.28. The van der Waals surface area contributed by atoms with Crippen LogP contribution < -0.4 is 10.1 Å². The SMILES string of the molecule is CC(C)(C)OC(=O)NC(C(=O)OC(C)(C)C)c1cc(Cl)ncc1OC(F)(F)F. The van der Waals surface area contributed by atoms with Gasteiger partial charge in [-0.15, -0.1) is 13.2 Å². The summed E-state index contributed by atoms with van der Waals surface area (Å²) in [5.74, 6) is -1.85. The molecule has 0 radical (unpaired) electrons. The zero-order chi connectivity index (χ0) is 21.9. The van der Waals surface area contributed by atoms with E-state index in [0.29, 0.717) is 6.20 Å². The number of carbonyl (C=O) groups excluding carboxylic acids is 2. The highest BCUT2D eigenvalue weighted by Crippen LogP contribution is 2.33. The Bertz CT molecular complexity index is 727. The first-order valence-electron chi connectivity index (χ1n) is 8.10. The summed E-state index contributed by atoms with van der Waals surface area (Å²) in [4.78, 5) is 28.3. The molecule has 158 valence electrons. The maximum absolute atomic E-state index is 12.7. The minimum atomic E-state index is -5.06. The van der Waals surface area contributed by atoms with Gasteiger partial charge in [-0.05, 0) is 47.6 Å². The van der Waals surface area contributed by atoms with Gasteiger partial charge in [0.2, 0.25) is 0 Å². The van der Waals surface area contributed by atoms with Crippen LogP contribution in [-0.4, -0.2) is 34.6 Å². The highest BCUT2D eigenvalue weighted by molar-refractivity contribution is 6.29. The normalized spacial score (nSPS) is 13.5. The lowest BCUT2D eigenvalue weighted by molar-refractivity contribution is -0.275. The van der Waals surface area contributed by atoms with E-state index in [0.717, 1.165) is 6.07 Å². The molecule has 0 fully saturated rings. The average molecular weight is 427 g/mol. The molecule has 28 heavy (non-hydrogen) atoms. The van der Waals surface area contributed by atoms with Crippen molar-refractivity contribution in [1.29, 1.82) is 0 Å². The Balaban J connectivity index is 3.36. The second kappa shape index (κ2) is 8.42. The number of aromatic nitrogens is 1. The first-order chi connectivity index (χ1) is 12.5. The fraction of sp³-hybridized carbons (Fsp3) is 0.588. The van der Waals surface area contributed by atoms with Gasteiger partial charge in [-0.25, -0.2) is 14.6 Å². The Morgan fingerprint density at radius 1 is 1.07 bits per heavy atom. The molecule has 0 aliphatic heterocycles. The summed E-state index contributed by atoms with van der Waals surface area (Å²) in [5, 5.41) is 1.98. The Morgan fingerprint density at radius 2 is 1.61 bits per heavy atom. The van der Waals surface area contributed by atoms with Crippen molar-refractivity contribution in [2.75, 3.05) is 0 Å². The molecule has 1 amide bonds. The minimum Gasteiger partial charge on any atom is -0.458 e. The number of alkyl carbamates (subject to hydrolysis) is 1. The summed E-state index contributed by atoms with van der Waals surface area (Å²) < 4.78 is 52.4. The van der Waals surface area contributed by atoms with Gasteiger partial charge >= 0.3 is 18.4 Å². The molecule has 0 spiro atoms. The number of pyridine rings is 1. The molecule has 1 atom stereocenters. The van der Waals surface area contributed by atoms with E-state index in [4.69, 9.17) is 21.1 Å². The predicted molar refractivity (Wildman–Crippen MR) is 93.9 cm³/mol. The number of halogens is 4. The zero-order valence-corrected chi connectivity index (χ0v) is 17.0. The molecule has 0 aromatic carbocycles. The number of hydrogen-bond acceptors (Lipinski definition) is 6. The van der Waals surface area contributed by atoms with Crippen molar-refractivity contribution in [3.8, 4) is 5.75 Å².